The molecule has 0 amide bonds. The Balaban J connectivity index is 1.61. The fourth-order valence-corrected chi connectivity index (χ4v) is 4.04. The van der Waals surface area contributed by atoms with Gasteiger partial charge in [-0.1, -0.05) is 28.9 Å². The monoisotopic (exact) mass is 471 g/mol. The molecule has 1 aromatic heterocycles. The topological polar surface area (TPSA) is 107 Å². The highest BCUT2D eigenvalue weighted by Gasteiger charge is 2.24. The summed E-state index contributed by atoms with van der Waals surface area (Å²) in [6.45, 7) is 5.01. The number of benzene rings is 2. The molecule has 1 unspecified atom stereocenters. The number of ether oxygens (including phenoxy) is 2. The smallest absolute Gasteiger partial charge is 0.303 e. The molecule has 0 spiro atoms. The number of aromatic nitrogens is 2. The van der Waals surface area contributed by atoms with Crippen LogP contribution in [-0.2, 0) is 4.79 Å². The molecule has 0 saturated carbocycles. The van der Waals surface area contributed by atoms with Gasteiger partial charge in [-0.3, -0.25) is 4.79 Å². The van der Waals surface area contributed by atoms with Crippen LogP contribution in [0.5, 0.6) is 11.5 Å². The second kappa shape index (κ2) is 10.2. The van der Waals surface area contributed by atoms with Gasteiger partial charge in [-0.2, -0.15) is 4.98 Å². The average molecular weight is 472 g/mol. The third-order valence-corrected chi connectivity index (χ3v) is 5.55. The number of nitrogens with one attached hydrogen (secondary N) is 1. The van der Waals surface area contributed by atoms with E-state index in [4.69, 9.17) is 30.7 Å². The van der Waals surface area contributed by atoms with Crippen LogP contribution in [-0.4, -0.2) is 40.5 Å². The van der Waals surface area contributed by atoms with Crippen molar-refractivity contribution in [1.29, 1.82) is 0 Å². The molecule has 0 aliphatic carbocycles. The lowest BCUT2D eigenvalue weighted by molar-refractivity contribution is -0.137. The fourth-order valence-electron chi connectivity index (χ4n) is 3.81. The maximum Gasteiger partial charge on any atom is 0.303 e. The Hall–Kier alpha value is -3.10. The minimum absolute atomic E-state index is 0.0131. The van der Waals surface area contributed by atoms with E-state index in [0.717, 1.165) is 11.1 Å². The molecular formula is C24H26ClN3O5. The zero-order valence-corrected chi connectivity index (χ0v) is 19.3. The normalized spacial score (nSPS) is 15.6. The first-order chi connectivity index (χ1) is 15.9. The molecule has 174 valence electrons. The number of hydrogen-bond donors (Lipinski definition) is 2. The van der Waals surface area contributed by atoms with Gasteiger partial charge in [0.1, 0.15) is 18.1 Å². The van der Waals surface area contributed by atoms with Gasteiger partial charge < -0.3 is 24.4 Å². The molecule has 2 aromatic carbocycles. The van der Waals surface area contributed by atoms with Crippen molar-refractivity contribution in [3.8, 4) is 34.3 Å². The first-order valence-corrected chi connectivity index (χ1v) is 11.3. The van der Waals surface area contributed by atoms with E-state index >= 15 is 0 Å². The summed E-state index contributed by atoms with van der Waals surface area (Å²) in [5.41, 5.74) is 2.37. The van der Waals surface area contributed by atoms with Crippen molar-refractivity contribution >= 4 is 17.6 Å². The second-order valence-electron chi connectivity index (χ2n) is 8.10. The van der Waals surface area contributed by atoms with Crippen LogP contribution in [0, 0.1) is 0 Å². The largest absolute Gasteiger partial charge is 0.491 e. The molecule has 2 heterocycles. The fraction of sp³-hybridized carbons (Fsp3) is 0.375. The molecule has 1 aliphatic rings. The van der Waals surface area contributed by atoms with E-state index in [9.17, 15) is 4.79 Å². The number of para-hydroxylation sites is 1. The summed E-state index contributed by atoms with van der Waals surface area (Å²) in [7, 11) is 0. The number of aliphatic carboxylic acids is 1. The molecule has 0 bridgehead atoms. The number of carboxylic acid groups (broad SMARTS) is 1. The third kappa shape index (κ3) is 5.46. The van der Waals surface area contributed by atoms with Gasteiger partial charge >= 0.3 is 5.97 Å². The van der Waals surface area contributed by atoms with Crippen molar-refractivity contribution in [3.05, 3.63) is 47.0 Å². The van der Waals surface area contributed by atoms with Gasteiger partial charge in [0.25, 0.3) is 5.89 Å². The predicted molar refractivity (Wildman–Crippen MR) is 124 cm³/mol. The van der Waals surface area contributed by atoms with Gasteiger partial charge in [-0.25, -0.2) is 0 Å². The van der Waals surface area contributed by atoms with Crippen LogP contribution in [0.3, 0.4) is 0 Å². The molecule has 8 nitrogen and oxygen atoms in total. The van der Waals surface area contributed by atoms with Gasteiger partial charge in [-0.15, -0.1) is 0 Å². The maximum atomic E-state index is 10.9. The van der Waals surface area contributed by atoms with Crippen molar-refractivity contribution in [1.82, 2.24) is 15.5 Å². The van der Waals surface area contributed by atoms with Crippen molar-refractivity contribution in [2.75, 3.05) is 13.2 Å². The lowest BCUT2D eigenvalue weighted by Crippen LogP contribution is -2.23. The number of carbonyl (C=O) groups is 1. The molecular weight excluding hydrogens is 446 g/mol. The highest BCUT2D eigenvalue weighted by atomic mass is 35.5. The summed E-state index contributed by atoms with van der Waals surface area (Å²) in [6.07, 6.45) is 1.40. The summed E-state index contributed by atoms with van der Waals surface area (Å²) in [4.78, 5) is 15.5. The van der Waals surface area contributed by atoms with Gasteiger partial charge in [0, 0.05) is 30.1 Å². The quantitative estimate of drug-likeness (QED) is 0.466. The Morgan fingerprint density at radius 2 is 2.18 bits per heavy atom. The van der Waals surface area contributed by atoms with Gasteiger partial charge in [0.05, 0.1) is 16.7 Å². The van der Waals surface area contributed by atoms with E-state index in [1.807, 2.05) is 38.1 Å². The Kier molecular flexibility index (Phi) is 7.15. The molecule has 4 rings (SSSR count). The first-order valence-electron chi connectivity index (χ1n) is 10.9. The van der Waals surface area contributed by atoms with E-state index < -0.39 is 5.97 Å². The molecule has 0 saturated heterocycles. The van der Waals surface area contributed by atoms with E-state index in [-0.39, 0.29) is 18.6 Å². The molecule has 3 aromatic rings. The Morgan fingerprint density at radius 1 is 1.33 bits per heavy atom. The molecule has 1 atom stereocenters. The van der Waals surface area contributed by atoms with Crippen LogP contribution < -0.4 is 14.8 Å². The van der Waals surface area contributed by atoms with E-state index in [0.29, 0.717) is 59.8 Å². The number of hydrogen-bond acceptors (Lipinski definition) is 7. The Morgan fingerprint density at radius 3 is 2.94 bits per heavy atom. The number of fused-ring (bicyclic) bond motifs is 1. The number of rotatable bonds is 8. The zero-order chi connectivity index (χ0) is 23.4. The lowest BCUT2D eigenvalue weighted by atomic mass is 9.97. The summed E-state index contributed by atoms with van der Waals surface area (Å²) >= 11 is 6.36. The van der Waals surface area contributed by atoms with Crippen LogP contribution >= 0.6 is 11.6 Å². The van der Waals surface area contributed by atoms with Crippen molar-refractivity contribution < 1.29 is 23.9 Å². The molecule has 9 heteroatoms. The summed E-state index contributed by atoms with van der Waals surface area (Å²) in [6, 6.07) is 11.1. The van der Waals surface area contributed by atoms with Crippen molar-refractivity contribution in [3.63, 3.8) is 0 Å². The predicted octanol–water partition coefficient (Wildman–Crippen LogP) is 5.12. The van der Waals surface area contributed by atoms with E-state index in [1.165, 1.54) is 0 Å². The van der Waals surface area contributed by atoms with Gasteiger partial charge in [-0.05, 0) is 51.0 Å². The lowest BCUT2D eigenvalue weighted by Gasteiger charge is -2.18. The van der Waals surface area contributed by atoms with E-state index in [1.54, 1.807) is 12.1 Å². The summed E-state index contributed by atoms with van der Waals surface area (Å²) in [5.74, 6) is 1.24. The second-order valence-corrected chi connectivity index (χ2v) is 8.51. The highest BCUT2D eigenvalue weighted by Crippen LogP contribution is 2.39. The Labute approximate surface area is 196 Å². The highest BCUT2D eigenvalue weighted by molar-refractivity contribution is 6.32. The van der Waals surface area contributed by atoms with Gasteiger partial charge in [0.2, 0.25) is 5.82 Å². The van der Waals surface area contributed by atoms with Gasteiger partial charge in [0.15, 0.2) is 0 Å². The van der Waals surface area contributed by atoms with Crippen LogP contribution in [0.15, 0.2) is 40.9 Å². The minimum Gasteiger partial charge on any atom is -0.491 e. The third-order valence-electron chi connectivity index (χ3n) is 5.25. The van der Waals surface area contributed by atoms with Crippen LogP contribution in [0.1, 0.15) is 44.7 Å². The number of nitrogens with zero attached hydrogens (tertiary/aromatic N) is 2. The average Bonchev–Trinajstić information content (AvgIpc) is 3.17. The molecule has 2 N–H and O–H groups in total. The summed E-state index contributed by atoms with van der Waals surface area (Å²) < 4.78 is 17.2. The molecule has 0 radical (unpaired) electrons. The maximum absolute atomic E-state index is 10.9. The standard InChI is InChI=1S/C24H26ClN3O5/c1-14(2)32-20-10-9-15(13-18(20)25)24-27-23(28-33-24)17-6-3-5-16-19(7-4-8-21(29)30)26-11-12-31-22(16)17/h3,5-6,9-10,13-14,19,26H,4,7-8,11-12H2,1-2H3,(H,29,30). The SMILES string of the molecule is CC(C)Oc1ccc(-c2nc(-c3cccc4c3OCCNC4CCCC(=O)O)no2)cc1Cl. The zero-order valence-electron chi connectivity index (χ0n) is 18.5. The minimum atomic E-state index is -0.794. The van der Waals surface area contributed by atoms with Crippen molar-refractivity contribution in [2.45, 2.75) is 45.3 Å². The molecule has 1 aliphatic heterocycles. The summed E-state index contributed by atoms with van der Waals surface area (Å²) in [5, 5.41) is 17.0. The van der Waals surface area contributed by atoms with Crippen LogP contribution in [0.4, 0.5) is 0 Å². The molecule has 0 fully saturated rings. The first kappa shape index (κ1) is 23.1. The Bertz CT molecular complexity index is 1130. The number of carboxylic acids is 1. The molecule has 33 heavy (non-hydrogen) atoms. The van der Waals surface area contributed by atoms with Crippen molar-refractivity contribution in [2.24, 2.45) is 0 Å². The van der Waals surface area contributed by atoms with E-state index in [2.05, 4.69) is 15.5 Å². The number of halogens is 1. The van der Waals surface area contributed by atoms with Crippen LogP contribution in [0.25, 0.3) is 22.8 Å². The van der Waals surface area contributed by atoms with Crippen LogP contribution in [0.2, 0.25) is 5.02 Å².